The van der Waals surface area contributed by atoms with Gasteiger partial charge in [-0.05, 0) is 53.6 Å². The number of hydrogen-bond donors (Lipinski definition) is 1. The Labute approximate surface area is 190 Å². The molecular formula is C22H24INO5S. The number of fused-ring (bicyclic) bond motifs is 1. The van der Waals surface area contributed by atoms with Gasteiger partial charge in [0.2, 0.25) is 0 Å². The number of para-hydroxylation sites is 1. The van der Waals surface area contributed by atoms with E-state index >= 15 is 0 Å². The Morgan fingerprint density at radius 3 is 2.50 bits per heavy atom. The zero-order chi connectivity index (χ0) is 21.9. The smallest absolute Gasteiger partial charge is 0.331 e. The molecule has 0 saturated carbocycles. The number of rotatable bonds is 6. The highest BCUT2D eigenvalue weighted by atomic mass is 127. The van der Waals surface area contributed by atoms with Crippen molar-refractivity contribution in [3.8, 4) is 5.75 Å². The van der Waals surface area contributed by atoms with E-state index in [9.17, 15) is 13.2 Å². The number of nitrogens with zero attached hydrogens (tertiary/aromatic N) is 1. The lowest BCUT2D eigenvalue weighted by atomic mass is 9.83. The lowest BCUT2D eigenvalue weighted by Gasteiger charge is -2.35. The van der Waals surface area contributed by atoms with Crippen LogP contribution in [0.2, 0.25) is 0 Å². The van der Waals surface area contributed by atoms with Crippen LogP contribution >= 0.6 is 22.6 Å². The van der Waals surface area contributed by atoms with Crippen molar-refractivity contribution in [2.45, 2.75) is 31.6 Å². The lowest BCUT2D eigenvalue weighted by Crippen LogP contribution is -2.37. The Bertz CT molecular complexity index is 1060. The molecule has 160 valence electrons. The number of halogens is 1. The van der Waals surface area contributed by atoms with Crippen LogP contribution in [0.15, 0.2) is 59.7 Å². The van der Waals surface area contributed by atoms with Crippen molar-refractivity contribution < 1.29 is 23.1 Å². The summed E-state index contributed by atoms with van der Waals surface area (Å²) >= 11 is 2.08. The second-order valence-electron chi connectivity index (χ2n) is 7.40. The van der Waals surface area contributed by atoms with E-state index in [0.717, 1.165) is 30.9 Å². The summed E-state index contributed by atoms with van der Waals surface area (Å²) in [5.74, 6) is -0.781. The van der Waals surface area contributed by atoms with Crippen LogP contribution in [0.25, 0.3) is 0 Å². The van der Waals surface area contributed by atoms with Crippen LogP contribution in [0.4, 0.5) is 11.4 Å². The van der Waals surface area contributed by atoms with Crippen molar-refractivity contribution >= 4 is 49.8 Å². The fraction of sp³-hybridized carbons (Fsp3) is 0.318. The van der Waals surface area contributed by atoms with Gasteiger partial charge < -0.3 is 14.7 Å². The van der Waals surface area contributed by atoms with E-state index in [4.69, 9.17) is 9.84 Å². The first-order chi connectivity index (χ1) is 14.2. The quantitative estimate of drug-likeness (QED) is 0.315. The van der Waals surface area contributed by atoms with Crippen molar-refractivity contribution in [3.05, 3.63) is 58.4 Å². The van der Waals surface area contributed by atoms with Gasteiger partial charge in [-0.15, -0.1) is 0 Å². The van der Waals surface area contributed by atoms with Crippen LogP contribution in [0.5, 0.6) is 5.75 Å². The topological polar surface area (TPSA) is 83.9 Å². The van der Waals surface area contributed by atoms with E-state index in [0.29, 0.717) is 21.6 Å². The second kappa shape index (κ2) is 8.97. The molecule has 0 atom stereocenters. The molecule has 0 aliphatic carbocycles. The van der Waals surface area contributed by atoms with Crippen LogP contribution < -0.4 is 9.64 Å². The third-order valence-corrected chi connectivity index (χ3v) is 8.44. The van der Waals surface area contributed by atoms with Crippen molar-refractivity contribution in [2.75, 3.05) is 17.2 Å². The molecule has 8 heteroatoms. The molecule has 3 rings (SSSR count). The molecule has 1 heterocycles. The summed E-state index contributed by atoms with van der Waals surface area (Å²) in [6, 6.07) is 13.1. The second-order valence-corrected chi connectivity index (χ2v) is 10.5. The monoisotopic (exact) mass is 541 g/mol. The number of sulfone groups is 1. The Morgan fingerprint density at radius 1 is 1.23 bits per heavy atom. The molecular weight excluding hydrogens is 517 g/mol. The van der Waals surface area contributed by atoms with Crippen molar-refractivity contribution in [3.63, 3.8) is 0 Å². The molecule has 1 N–H and O–H groups in total. The van der Waals surface area contributed by atoms with Crippen molar-refractivity contribution in [1.82, 2.24) is 0 Å². The van der Waals surface area contributed by atoms with E-state index in [1.54, 1.807) is 6.07 Å². The van der Waals surface area contributed by atoms with Crippen LogP contribution in [-0.2, 0) is 14.6 Å². The number of carbonyl (C=O) groups is 1. The maximum atomic E-state index is 13.5. The predicted octanol–water partition coefficient (Wildman–Crippen LogP) is 5.00. The molecule has 1 aliphatic rings. The Kier molecular flexibility index (Phi) is 6.76. The summed E-state index contributed by atoms with van der Waals surface area (Å²) in [7, 11) is -3.60. The Balaban J connectivity index is 2.21. The Hall–Kier alpha value is -2.07. The molecule has 0 unspecified atom stereocenters. The molecule has 0 saturated heterocycles. The van der Waals surface area contributed by atoms with Gasteiger partial charge in [-0.2, -0.15) is 0 Å². The molecule has 2 aromatic rings. The third-order valence-electron chi connectivity index (χ3n) is 5.60. The van der Waals surface area contributed by atoms with Crippen LogP contribution in [0.1, 0.15) is 26.7 Å². The highest BCUT2D eigenvalue weighted by Crippen LogP contribution is 2.45. The van der Waals surface area contributed by atoms with Crippen molar-refractivity contribution in [2.24, 2.45) is 5.41 Å². The molecule has 30 heavy (non-hydrogen) atoms. The minimum Gasteiger partial charge on any atom is -0.478 e. The first-order valence-electron chi connectivity index (χ1n) is 9.66. The van der Waals surface area contributed by atoms with Gasteiger partial charge >= 0.3 is 5.97 Å². The molecule has 0 bridgehead atoms. The summed E-state index contributed by atoms with van der Waals surface area (Å²) in [4.78, 5) is 13.0. The summed E-state index contributed by atoms with van der Waals surface area (Å²) in [6.07, 6.45) is 3.39. The standard InChI is InChI=1S/C22H24INO5S/c1-3-22(4-2)14-24(16-8-6-5-7-9-16)18-12-17(23)19(29-11-10-21(25)26)13-20(18)30(27,28)15-22/h5-13H,3-4,14-15H2,1-2H3,(H,25,26)/b11-10+. The van der Waals surface area contributed by atoms with Gasteiger partial charge in [0.15, 0.2) is 9.84 Å². The molecule has 0 fully saturated rings. The van der Waals surface area contributed by atoms with E-state index in [1.165, 1.54) is 6.07 Å². The highest BCUT2D eigenvalue weighted by molar-refractivity contribution is 14.1. The SMILES string of the molecule is CCC1(CC)CN(c2ccccc2)c2cc(I)c(O/C=C/C(=O)O)cc2S(=O)(=O)C1. The molecule has 0 spiro atoms. The number of hydrogen-bond acceptors (Lipinski definition) is 5. The fourth-order valence-corrected chi connectivity index (χ4v) is 6.52. The average Bonchev–Trinajstić information content (AvgIpc) is 2.81. The van der Waals surface area contributed by atoms with Gasteiger partial charge in [0, 0.05) is 23.7 Å². The van der Waals surface area contributed by atoms with Gasteiger partial charge in [0.05, 0.1) is 32.2 Å². The number of carboxylic acid groups (broad SMARTS) is 1. The third kappa shape index (κ3) is 4.64. The van der Waals surface area contributed by atoms with E-state index in [-0.39, 0.29) is 16.1 Å². The van der Waals surface area contributed by atoms with Gasteiger partial charge in [0.1, 0.15) is 5.75 Å². The zero-order valence-electron chi connectivity index (χ0n) is 16.8. The zero-order valence-corrected chi connectivity index (χ0v) is 19.8. The largest absolute Gasteiger partial charge is 0.478 e. The van der Waals surface area contributed by atoms with Crippen LogP contribution in [0.3, 0.4) is 0 Å². The summed E-state index contributed by atoms with van der Waals surface area (Å²) in [5, 5.41) is 8.77. The number of benzene rings is 2. The average molecular weight is 541 g/mol. The first-order valence-corrected chi connectivity index (χ1v) is 12.4. The minimum atomic E-state index is -3.60. The summed E-state index contributed by atoms with van der Waals surface area (Å²) < 4.78 is 33.0. The van der Waals surface area contributed by atoms with Gasteiger partial charge in [0.25, 0.3) is 0 Å². The number of carboxylic acids is 1. The van der Waals surface area contributed by atoms with E-state index in [1.807, 2.05) is 44.2 Å². The maximum absolute atomic E-state index is 13.5. The molecule has 0 amide bonds. The van der Waals surface area contributed by atoms with Crippen LogP contribution in [0, 0.1) is 8.99 Å². The Morgan fingerprint density at radius 2 is 1.90 bits per heavy atom. The predicted molar refractivity (Wildman–Crippen MR) is 125 cm³/mol. The lowest BCUT2D eigenvalue weighted by molar-refractivity contribution is -0.131. The van der Waals surface area contributed by atoms with E-state index in [2.05, 4.69) is 27.5 Å². The normalized spacial score (nSPS) is 17.4. The van der Waals surface area contributed by atoms with Gasteiger partial charge in [-0.1, -0.05) is 32.0 Å². The first kappa shape index (κ1) is 22.6. The summed E-state index contributed by atoms with van der Waals surface area (Å²) in [6.45, 7) is 4.66. The molecule has 0 radical (unpaired) electrons. The van der Waals surface area contributed by atoms with E-state index < -0.39 is 15.8 Å². The number of ether oxygens (including phenoxy) is 1. The molecule has 6 nitrogen and oxygen atoms in total. The maximum Gasteiger partial charge on any atom is 0.331 e. The van der Waals surface area contributed by atoms with Crippen LogP contribution in [-0.4, -0.2) is 31.8 Å². The van der Waals surface area contributed by atoms with Crippen molar-refractivity contribution in [1.29, 1.82) is 0 Å². The highest BCUT2D eigenvalue weighted by Gasteiger charge is 2.41. The fourth-order valence-electron chi connectivity index (χ4n) is 3.70. The van der Waals surface area contributed by atoms with Gasteiger partial charge in [-0.3, -0.25) is 0 Å². The minimum absolute atomic E-state index is 0.0499. The van der Waals surface area contributed by atoms with Gasteiger partial charge in [-0.25, -0.2) is 13.2 Å². The molecule has 1 aliphatic heterocycles. The summed E-state index contributed by atoms with van der Waals surface area (Å²) in [5.41, 5.74) is 1.16. The number of anilines is 2. The number of aliphatic carboxylic acids is 1. The molecule has 2 aromatic carbocycles. The molecule has 0 aromatic heterocycles.